The maximum Gasteiger partial charge on any atom is 0.416 e. The van der Waals surface area contributed by atoms with E-state index in [1.807, 2.05) is 6.07 Å². The topological polar surface area (TPSA) is 64.1 Å². The van der Waals surface area contributed by atoms with Crippen molar-refractivity contribution >= 4 is 11.8 Å². The van der Waals surface area contributed by atoms with Crippen LogP contribution in [0.2, 0.25) is 0 Å². The first-order chi connectivity index (χ1) is 15.3. The second-order valence-electron chi connectivity index (χ2n) is 6.74. The third kappa shape index (κ3) is 5.64. The van der Waals surface area contributed by atoms with Crippen LogP contribution in [-0.4, -0.2) is 22.5 Å². The highest BCUT2D eigenvalue weighted by Gasteiger charge is 2.29. The van der Waals surface area contributed by atoms with Gasteiger partial charge in [0.2, 0.25) is 0 Å². The summed E-state index contributed by atoms with van der Waals surface area (Å²) >= 11 is 0. The number of ether oxygens (including phenoxy) is 1. The molecule has 0 aliphatic rings. The molecule has 0 amide bonds. The molecule has 0 unspecified atom stereocenters. The molecule has 5 nitrogen and oxygen atoms in total. The molecular formula is C24H20F3N3O2. The van der Waals surface area contributed by atoms with E-state index in [4.69, 9.17) is 4.74 Å². The highest BCUT2D eigenvalue weighted by molar-refractivity contribution is 5.91. The van der Waals surface area contributed by atoms with Gasteiger partial charge in [0.15, 0.2) is 0 Å². The lowest BCUT2D eigenvalue weighted by atomic mass is 10.1. The van der Waals surface area contributed by atoms with Crippen LogP contribution in [0.25, 0.3) is 0 Å². The molecule has 0 aliphatic carbocycles. The molecule has 1 N–H and O–H groups in total. The lowest BCUT2D eigenvalue weighted by molar-refractivity contribution is -0.137. The number of esters is 1. The number of benzene rings is 2. The number of halogens is 3. The van der Waals surface area contributed by atoms with E-state index in [0.29, 0.717) is 34.7 Å². The molecule has 0 saturated heterocycles. The summed E-state index contributed by atoms with van der Waals surface area (Å²) in [7, 11) is 0. The van der Waals surface area contributed by atoms with Gasteiger partial charge in [-0.25, -0.2) is 14.8 Å². The number of carbonyl (C=O) groups excluding carboxylic acids is 1. The van der Waals surface area contributed by atoms with E-state index >= 15 is 0 Å². The van der Waals surface area contributed by atoms with Crippen molar-refractivity contribution in [3.05, 3.63) is 88.4 Å². The van der Waals surface area contributed by atoms with Crippen LogP contribution < -0.4 is 5.32 Å². The van der Waals surface area contributed by atoms with Gasteiger partial charge in [0.1, 0.15) is 12.1 Å². The van der Waals surface area contributed by atoms with Crippen molar-refractivity contribution in [1.29, 1.82) is 0 Å². The van der Waals surface area contributed by atoms with Gasteiger partial charge in [-0.05, 0) is 49.7 Å². The van der Waals surface area contributed by atoms with E-state index in [1.165, 1.54) is 18.5 Å². The van der Waals surface area contributed by atoms with E-state index in [2.05, 4.69) is 27.1 Å². The van der Waals surface area contributed by atoms with Gasteiger partial charge in [-0.2, -0.15) is 13.2 Å². The van der Waals surface area contributed by atoms with Gasteiger partial charge in [0, 0.05) is 12.1 Å². The standard InChI is InChI=1S/C24H20F3N3O2/c1-3-32-23(31)21-7-5-4-6-18(21)14-28-22-20(16(2)29-15-30-22)13-10-17-8-11-19(12-9-17)24(25,26)27/h4-9,11-12,15H,3,14H2,1-2H3,(H,28,29,30). The Balaban J connectivity index is 1.83. The Labute approximate surface area is 183 Å². The normalized spacial score (nSPS) is 10.8. The average Bonchev–Trinajstić information content (AvgIpc) is 2.77. The van der Waals surface area contributed by atoms with Crippen molar-refractivity contribution in [2.75, 3.05) is 11.9 Å². The minimum atomic E-state index is -4.40. The third-order valence-corrected chi connectivity index (χ3v) is 4.54. The maximum atomic E-state index is 12.7. The molecule has 0 spiro atoms. The fraction of sp³-hybridized carbons (Fsp3) is 0.208. The number of hydrogen-bond donors (Lipinski definition) is 1. The number of aryl methyl sites for hydroxylation is 1. The van der Waals surface area contributed by atoms with Crippen molar-refractivity contribution in [1.82, 2.24) is 9.97 Å². The molecule has 0 bridgehead atoms. The molecule has 0 atom stereocenters. The summed E-state index contributed by atoms with van der Waals surface area (Å²) in [4.78, 5) is 20.6. The Morgan fingerprint density at radius 3 is 2.47 bits per heavy atom. The second kappa shape index (κ2) is 9.96. The van der Waals surface area contributed by atoms with E-state index in [1.54, 1.807) is 32.0 Å². The number of anilines is 1. The fourth-order valence-electron chi connectivity index (χ4n) is 2.90. The van der Waals surface area contributed by atoms with Gasteiger partial charge in [0.05, 0.1) is 29.0 Å². The molecule has 0 fully saturated rings. The molecule has 3 rings (SSSR count). The zero-order chi connectivity index (χ0) is 23.1. The summed E-state index contributed by atoms with van der Waals surface area (Å²) < 4.78 is 43.3. The number of hydrogen-bond acceptors (Lipinski definition) is 5. The molecule has 0 aliphatic heterocycles. The number of carbonyl (C=O) groups is 1. The van der Waals surface area contributed by atoms with Crippen molar-refractivity contribution in [2.24, 2.45) is 0 Å². The van der Waals surface area contributed by atoms with Gasteiger partial charge >= 0.3 is 12.1 Å². The lowest BCUT2D eigenvalue weighted by Gasteiger charge is -2.12. The first-order valence-corrected chi connectivity index (χ1v) is 9.79. The molecule has 2 aromatic carbocycles. The van der Waals surface area contributed by atoms with Crippen LogP contribution in [0.5, 0.6) is 0 Å². The predicted octanol–water partition coefficient (Wildman–Crippen LogP) is 4.99. The van der Waals surface area contributed by atoms with Gasteiger partial charge in [-0.3, -0.25) is 0 Å². The van der Waals surface area contributed by atoms with Crippen molar-refractivity contribution in [3.8, 4) is 11.8 Å². The van der Waals surface area contributed by atoms with E-state index in [0.717, 1.165) is 17.7 Å². The Morgan fingerprint density at radius 1 is 1.06 bits per heavy atom. The first-order valence-electron chi connectivity index (χ1n) is 9.79. The SMILES string of the molecule is CCOC(=O)c1ccccc1CNc1ncnc(C)c1C#Cc1ccc(C(F)(F)F)cc1. The van der Waals surface area contributed by atoms with Gasteiger partial charge in [-0.1, -0.05) is 30.0 Å². The summed E-state index contributed by atoms with van der Waals surface area (Å²) in [6.07, 6.45) is -3.01. The smallest absolute Gasteiger partial charge is 0.416 e. The van der Waals surface area contributed by atoms with E-state index < -0.39 is 17.7 Å². The van der Waals surface area contributed by atoms with Crippen molar-refractivity contribution in [2.45, 2.75) is 26.6 Å². The molecule has 8 heteroatoms. The van der Waals surface area contributed by atoms with E-state index in [-0.39, 0.29) is 6.61 Å². The zero-order valence-electron chi connectivity index (χ0n) is 17.5. The molecule has 1 heterocycles. The van der Waals surface area contributed by atoms with Crippen LogP contribution in [-0.2, 0) is 17.5 Å². The Hall–Kier alpha value is -3.86. The summed E-state index contributed by atoms with van der Waals surface area (Å²) in [6, 6.07) is 11.7. The molecule has 1 aromatic heterocycles. The minimum absolute atomic E-state index is 0.273. The molecule has 0 saturated carbocycles. The van der Waals surface area contributed by atoms with Crippen molar-refractivity contribution < 1.29 is 22.7 Å². The maximum absolute atomic E-state index is 12.7. The first kappa shape index (κ1) is 22.8. The van der Waals surface area contributed by atoms with Crippen molar-refractivity contribution in [3.63, 3.8) is 0 Å². The third-order valence-electron chi connectivity index (χ3n) is 4.54. The molecule has 3 aromatic rings. The van der Waals surface area contributed by atoms with Crippen LogP contribution >= 0.6 is 0 Å². The summed E-state index contributed by atoms with van der Waals surface area (Å²) in [5.41, 5.74) is 2.00. The van der Waals surface area contributed by atoms with Crippen LogP contribution in [0, 0.1) is 18.8 Å². The monoisotopic (exact) mass is 439 g/mol. The fourth-order valence-corrected chi connectivity index (χ4v) is 2.90. The number of alkyl halides is 3. The lowest BCUT2D eigenvalue weighted by Crippen LogP contribution is -2.12. The summed E-state index contributed by atoms with van der Waals surface area (Å²) in [5, 5.41) is 3.16. The van der Waals surface area contributed by atoms with Gasteiger partial charge < -0.3 is 10.1 Å². The average molecular weight is 439 g/mol. The Bertz CT molecular complexity index is 1160. The predicted molar refractivity (Wildman–Crippen MR) is 114 cm³/mol. The van der Waals surface area contributed by atoms with Crippen LogP contribution in [0.15, 0.2) is 54.9 Å². The molecule has 164 valence electrons. The molecular weight excluding hydrogens is 419 g/mol. The van der Waals surface area contributed by atoms with Crippen LogP contribution in [0.3, 0.4) is 0 Å². The zero-order valence-corrected chi connectivity index (χ0v) is 17.5. The molecule has 0 radical (unpaired) electrons. The Kier molecular flexibility index (Phi) is 7.11. The Morgan fingerprint density at radius 2 is 1.78 bits per heavy atom. The second-order valence-corrected chi connectivity index (χ2v) is 6.74. The number of nitrogens with one attached hydrogen (secondary N) is 1. The highest BCUT2D eigenvalue weighted by Crippen LogP contribution is 2.29. The summed E-state index contributed by atoms with van der Waals surface area (Å²) in [6.45, 7) is 4.07. The van der Waals surface area contributed by atoms with Crippen LogP contribution in [0.4, 0.5) is 19.0 Å². The minimum Gasteiger partial charge on any atom is -0.462 e. The summed E-state index contributed by atoms with van der Waals surface area (Å²) in [5.74, 6) is 5.84. The quantitative estimate of drug-likeness (QED) is 0.448. The number of aromatic nitrogens is 2. The largest absolute Gasteiger partial charge is 0.462 e. The van der Waals surface area contributed by atoms with E-state index in [9.17, 15) is 18.0 Å². The molecule has 32 heavy (non-hydrogen) atoms. The number of rotatable bonds is 5. The van der Waals surface area contributed by atoms with Crippen LogP contribution in [0.1, 0.15) is 45.2 Å². The van der Waals surface area contributed by atoms with Gasteiger partial charge in [0.25, 0.3) is 0 Å². The number of nitrogens with zero attached hydrogens (tertiary/aromatic N) is 2. The highest BCUT2D eigenvalue weighted by atomic mass is 19.4. The van der Waals surface area contributed by atoms with Gasteiger partial charge in [-0.15, -0.1) is 0 Å².